The Bertz CT molecular complexity index is 284. The van der Waals surface area contributed by atoms with Crippen molar-refractivity contribution in [3.63, 3.8) is 0 Å². The zero-order chi connectivity index (χ0) is 11.9. The first-order chi connectivity index (χ1) is 7.76. The van der Waals surface area contributed by atoms with Crippen LogP contribution in [-0.4, -0.2) is 48.3 Å². The van der Waals surface area contributed by atoms with Gasteiger partial charge in [-0.1, -0.05) is 30.3 Å². The van der Waals surface area contributed by atoms with Gasteiger partial charge in [0.05, 0.1) is 20.3 Å². The quantitative estimate of drug-likeness (QED) is 0.527. The SMILES string of the molecule is CO[N+](CCO)(CCO)Cc1ccccc1. The topological polar surface area (TPSA) is 49.7 Å². The first-order valence-electron chi connectivity index (χ1n) is 5.44. The molecule has 2 N–H and O–H groups in total. The highest BCUT2D eigenvalue weighted by Crippen LogP contribution is 2.14. The Hall–Kier alpha value is -0.940. The summed E-state index contributed by atoms with van der Waals surface area (Å²) in [7, 11) is 1.61. The van der Waals surface area contributed by atoms with Gasteiger partial charge in [-0.3, -0.25) is 0 Å². The maximum absolute atomic E-state index is 9.06. The minimum Gasteiger partial charge on any atom is -0.390 e. The van der Waals surface area contributed by atoms with Crippen molar-refractivity contribution >= 4 is 0 Å². The van der Waals surface area contributed by atoms with E-state index in [0.29, 0.717) is 19.6 Å². The maximum Gasteiger partial charge on any atom is 0.135 e. The molecule has 0 aliphatic heterocycles. The van der Waals surface area contributed by atoms with Crippen LogP contribution in [0.1, 0.15) is 5.56 Å². The number of benzene rings is 1. The highest BCUT2D eigenvalue weighted by Gasteiger charge is 2.27. The predicted molar refractivity (Wildman–Crippen MR) is 61.3 cm³/mol. The summed E-state index contributed by atoms with van der Waals surface area (Å²) in [5.74, 6) is 0. The number of hydrogen-bond acceptors (Lipinski definition) is 3. The van der Waals surface area contributed by atoms with E-state index in [4.69, 9.17) is 15.1 Å². The normalized spacial score (nSPS) is 11.7. The smallest absolute Gasteiger partial charge is 0.135 e. The number of quaternary nitrogens is 1. The van der Waals surface area contributed by atoms with Crippen LogP contribution in [0.5, 0.6) is 0 Å². The molecule has 0 bridgehead atoms. The van der Waals surface area contributed by atoms with Gasteiger partial charge in [0.25, 0.3) is 0 Å². The molecular weight excluding hydrogens is 206 g/mol. The van der Waals surface area contributed by atoms with Crippen LogP contribution in [0.3, 0.4) is 0 Å². The van der Waals surface area contributed by atoms with Gasteiger partial charge < -0.3 is 10.2 Å². The summed E-state index contributed by atoms with van der Waals surface area (Å²) >= 11 is 0. The fourth-order valence-electron chi connectivity index (χ4n) is 1.80. The highest BCUT2D eigenvalue weighted by molar-refractivity contribution is 5.13. The molecule has 0 saturated carbocycles. The molecule has 0 fully saturated rings. The maximum atomic E-state index is 9.06. The van der Waals surface area contributed by atoms with Crippen LogP contribution >= 0.6 is 0 Å². The van der Waals surface area contributed by atoms with Crippen molar-refractivity contribution in [2.75, 3.05) is 33.4 Å². The molecule has 0 heterocycles. The fraction of sp³-hybridized carbons (Fsp3) is 0.500. The monoisotopic (exact) mass is 226 g/mol. The van der Waals surface area contributed by atoms with Gasteiger partial charge in [-0.15, -0.1) is 0 Å². The first-order valence-corrected chi connectivity index (χ1v) is 5.44. The third-order valence-electron chi connectivity index (χ3n) is 2.72. The molecule has 0 aliphatic carbocycles. The summed E-state index contributed by atoms with van der Waals surface area (Å²) < 4.78 is 0.247. The van der Waals surface area contributed by atoms with Crippen LogP contribution in [0.15, 0.2) is 30.3 Å². The minimum absolute atomic E-state index is 0.0423. The first kappa shape index (κ1) is 13.1. The fourth-order valence-corrected chi connectivity index (χ4v) is 1.80. The molecule has 0 amide bonds. The Morgan fingerprint density at radius 3 is 2.06 bits per heavy atom. The number of rotatable bonds is 7. The van der Waals surface area contributed by atoms with Gasteiger partial charge in [0.2, 0.25) is 0 Å². The second kappa shape index (κ2) is 6.60. The van der Waals surface area contributed by atoms with Crippen LogP contribution in [0.25, 0.3) is 0 Å². The van der Waals surface area contributed by atoms with Gasteiger partial charge in [-0.2, -0.15) is 4.65 Å². The molecule has 4 nitrogen and oxygen atoms in total. The molecule has 0 aromatic heterocycles. The summed E-state index contributed by atoms with van der Waals surface area (Å²) in [4.78, 5) is 5.44. The Labute approximate surface area is 96.2 Å². The molecule has 0 unspecified atom stereocenters. The minimum atomic E-state index is 0.0423. The number of aliphatic hydroxyl groups excluding tert-OH is 2. The molecule has 16 heavy (non-hydrogen) atoms. The van der Waals surface area contributed by atoms with Crippen molar-refractivity contribution in [3.8, 4) is 0 Å². The Kier molecular flexibility index (Phi) is 5.42. The summed E-state index contributed by atoms with van der Waals surface area (Å²) in [6.45, 7) is 1.69. The average Bonchev–Trinajstić information content (AvgIpc) is 2.31. The summed E-state index contributed by atoms with van der Waals surface area (Å²) in [5, 5.41) is 18.1. The third kappa shape index (κ3) is 3.57. The van der Waals surface area contributed by atoms with Crippen molar-refractivity contribution in [2.24, 2.45) is 0 Å². The molecule has 0 spiro atoms. The predicted octanol–water partition coefficient (Wildman–Crippen LogP) is 0.549. The van der Waals surface area contributed by atoms with Gasteiger partial charge >= 0.3 is 0 Å². The van der Waals surface area contributed by atoms with Crippen molar-refractivity contribution < 1.29 is 19.7 Å². The van der Waals surface area contributed by atoms with Crippen molar-refractivity contribution in [1.82, 2.24) is 0 Å². The molecule has 0 saturated heterocycles. The lowest BCUT2D eigenvalue weighted by molar-refractivity contribution is -1.11. The van der Waals surface area contributed by atoms with Gasteiger partial charge in [0.1, 0.15) is 19.6 Å². The van der Waals surface area contributed by atoms with E-state index in [1.807, 2.05) is 30.3 Å². The van der Waals surface area contributed by atoms with Crippen LogP contribution in [0.2, 0.25) is 0 Å². The molecular formula is C12H20NO3+. The number of hydrogen-bond donors (Lipinski definition) is 2. The molecule has 0 radical (unpaired) electrons. The number of hydroxylamine groups is 3. The van der Waals surface area contributed by atoms with E-state index in [1.165, 1.54) is 0 Å². The van der Waals surface area contributed by atoms with Gasteiger partial charge in [0, 0.05) is 5.56 Å². The number of aliphatic hydroxyl groups is 2. The largest absolute Gasteiger partial charge is 0.390 e. The van der Waals surface area contributed by atoms with Crippen LogP contribution in [-0.2, 0) is 11.4 Å². The van der Waals surface area contributed by atoms with Crippen LogP contribution < -0.4 is 0 Å². The molecule has 1 aromatic carbocycles. The van der Waals surface area contributed by atoms with Gasteiger partial charge in [-0.25, -0.2) is 4.84 Å². The molecule has 4 heteroatoms. The lowest BCUT2D eigenvalue weighted by atomic mass is 10.2. The average molecular weight is 226 g/mol. The molecule has 90 valence electrons. The standard InChI is InChI=1S/C12H20NO3/c1-16-13(7-9-14,8-10-15)11-12-5-3-2-4-6-12/h2-6,14-15H,7-11H2,1H3/q+1. The molecule has 1 aromatic rings. The van der Waals surface area contributed by atoms with Crippen molar-refractivity contribution in [3.05, 3.63) is 35.9 Å². The zero-order valence-corrected chi connectivity index (χ0v) is 9.67. The van der Waals surface area contributed by atoms with E-state index in [-0.39, 0.29) is 17.9 Å². The van der Waals surface area contributed by atoms with Gasteiger partial charge in [0.15, 0.2) is 0 Å². The zero-order valence-electron chi connectivity index (χ0n) is 9.67. The summed E-state index contributed by atoms with van der Waals surface area (Å²) in [5.41, 5.74) is 1.13. The second-order valence-corrected chi connectivity index (χ2v) is 3.78. The molecule has 0 atom stereocenters. The Morgan fingerprint density at radius 1 is 1.06 bits per heavy atom. The van der Waals surface area contributed by atoms with E-state index in [1.54, 1.807) is 7.11 Å². The van der Waals surface area contributed by atoms with E-state index < -0.39 is 0 Å². The summed E-state index contributed by atoms with van der Waals surface area (Å²) in [6.07, 6.45) is 0. The van der Waals surface area contributed by atoms with Crippen molar-refractivity contribution in [2.45, 2.75) is 6.54 Å². The van der Waals surface area contributed by atoms with Gasteiger partial charge in [-0.05, 0) is 0 Å². The highest BCUT2D eigenvalue weighted by atomic mass is 16.7. The van der Waals surface area contributed by atoms with E-state index >= 15 is 0 Å². The second-order valence-electron chi connectivity index (χ2n) is 3.78. The Balaban J connectivity index is 2.76. The van der Waals surface area contributed by atoms with E-state index in [0.717, 1.165) is 5.56 Å². The van der Waals surface area contributed by atoms with Crippen molar-refractivity contribution in [1.29, 1.82) is 0 Å². The van der Waals surface area contributed by atoms with Crippen LogP contribution in [0, 0.1) is 0 Å². The third-order valence-corrected chi connectivity index (χ3v) is 2.72. The lowest BCUT2D eigenvalue weighted by Crippen LogP contribution is -2.49. The molecule has 0 aliphatic rings. The lowest BCUT2D eigenvalue weighted by Gasteiger charge is -2.33. The number of nitrogens with zero attached hydrogens (tertiary/aromatic N) is 1. The van der Waals surface area contributed by atoms with E-state index in [2.05, 4.69) is 0 Å². The van der Waals surface area contributed by atoms with Crippen LogP contribution in [0.4, 0.5) is 0 Å². The summed E-state index contributed by atoms with van der Waals surface area (Å²) in [6, 6.07) is 9.93. The molecule has 1 rings (SSSR count). The Morgan fingerprint density at radius 2 is 1.62 bits per heavy atom. The van der Waals surface area contributed by atoms with E-state index in [9.17, 15) is 0 Å².